The summed E-state index contributed by atoms with van der Waals surface area (Å²) in [6, 6.07) is 11.9. The molecule has 0 unspecified atom stereocenters. The SMILES string of the molecule is COc1cc(C#N)c2nc3ccccc3n2c1N1CCC(C)(CO)CC1. The van der Waals surface area contributed by atoms with Crippen molar-refractivity contribution in [2.24, 2.45) is 5.41 Å². The van der Waals surface area contributed by atoms with Gasteiger partial charge in [0, 0.05) is 25.8 Å². The number of nitriles is 1. The van der Waals surface area contributed by atoms with Crippen molar-refractivity contribution >= 4 is 22.5 Å². The summed E-state index contributed by atoms with van der Waals surface area (Å²) < 4.78 is 7.69. The molecule has 2 aromatic heterocycles. The molecule has 0 radical (unpaired) electrons. The van der Waals surface area contributed by atoms with E-state index in [1.165, 1.54) is 0 Å². The molecule has 1 aliphatic heterocycles. The Labute approximate surface area is 152 Å². The first-order valence-electron chi connectivity index (χ1n) is 8.84. The lowest BCUT2D eigenvalue weighted by Gasteiger charge is -2.39. The zero-order valence-electron chi connectivity index (χ0n) is 15.1. The highest BCUT2D eigenvalue weighted by molar-refractivity contribution is 5.86. The molecule has 1 aliphatic rings. The highest BCUT2D eigenvalue weighted by Crippen LogP contribution is 2.39. The van der Waals surface area contributed by atoms with Crippen LogP contribution in [-0.4, -0.2) is 41.3 Å². The van der Waals surface area contributed by atoms with Crippen LogP contribution < -0.4 is 9.64 Å². The van der Waals surface area contributed by atoms with Crippen LogP contribution in [-0.2, 0) is 0 Å². The van der Waals surface area contributed by atoms with Crippen LogP contribution in [0.3, 0.4) is 0 Å². The van der Waals surface area contributed by atoms with Gasteiger partial charge in [0.15, 0.2) is 17.2 Å². The summed E-state index contributed by atoms with van der Waals surface area (Å²) in [5, 5.41) is 19.2. The molecule has 0 saturated carbocycles. The Morgan fingerprint density at radius 2 is 2.04 bits per heavy atom. The van der Waals surface area contributed by atoms with Gasteiger partial charge in [-0.15, -0.1) is 0 Å². The van der Waals surface area contributed by atoms with Crippen molar-refractivity contribution in [3.8, 4) is 11.8 Å². The topological polar surface area (TPSA) is 73.8 Å². The van der Waals surface area contributed by atoms with Crippen LogP contribution in [0, 0.1) is 16.7 Å². The van der Waals surface area contributed by atoms with E-state index in [-0.39, 0.29) is 12.0 Å². The van der Waals surface area contributed by atoms with Crippen molar-refractivity contribution < 1.29 is 9.84 Å². The Balaban J connectivity index is 1.95. The number of piperidine rings is 1. The molecule has 26 heavy (non-hydrogen) atoms. The number of ether oxygens (including phenoxy) is 1. The molecule has 3 heterocycles. The molecule has 0 aliphatic carbocycles. The number of fused-ring (bicyclic) bond motifs is 3. The smallest absolute Gasteiger partial charge is 0.161 e. The third-order valence-electron chi connectivity index (χ3n) is 5.50. The van der Waals surface area contributed by atoms with Gasteiger partial charge >= 0.3 is 0 Å². The Bertz CT molecular complexity index is 1010. The van der Waals surface area contributed by atoms with Crippen molar-refractivity contribution in [1.29, 1.82) is 5.26 Å². The van der Waals surface area contributed by atoms with Gasteiger partial charge in [-0.3, -0.25) is 4.40 Å². The number of para-hydroxylation sites is 2. The minimum atomic E-state index is -0.0353. The Morgan fingerprint density at radius 1 is 1.31 bits per heavy atom. The second-order valence-corrected chi connectivity index (χ2v) is 7.28. The van der Waals surface area contributed by atoms with E-state index < -0.39 is 0 Å². The van der Waals surface area contributed by atoms with Gasteiger partial charge in [0.1, 0.15) is 6.07 Å². The Hall–Kier alpha value is -2.78. The van der Waals surface area contributed by atoms with Crippen LogP contribution in [0.5, 0.6) is 5.75 Å². The van der Waals surface area contributed by atoms with Crippen LogP contribution in [0.1, 0.15) is 25.3 Å². The zero-order valence-corrected chi connectivity index (χ0v) is 15.1. The van der Waals surface area contributed by atoms with Crippen LogP contribution >= 0.6 is 0 Å². The Morgan fingerprint density at radius 3 is 2.69 bits per heavy atom. The van der Waals surface area contributed by atoms with E-state index in [1.807, 2.05) is 28.7 Å². The van der Waals surface area contributed by atoms with Crippen molar-refractivity contribution in [2.75, 3.05) is 31.7 Å². The number of nitrogens with zero attached hydrogens (tertiary/aromatic N) is 4. The summed E-state index contributed by atoms with van der Waals surface area (Å²) in [4.78, 5) is 6.96. The number of hydrogen-bond donors (Lipinski definition) is 1. The number of aromatic nitrogens is 2. The number of anilines is 1. The number of pyridine rings is 1. The highest BCUT2D eigenvalue weighted by atomic mass is 16.5. The molecule has 1 fully saturated rings. The van der Waals surface area contributed by atoms with E-state index in [2.05, 4.69) is 22.9 Å². The molecule has 0 spiro atoms. The van der Waals surface area contributed by atoms with Crippen LogP contribution in [0.4, 0.5) is 5.82 Å². The van der Waals surface area contributed by atoms with E-state index in [1.54, 1.807) is 13.2 Å². The second-order valence-electron chi connectivity index (χ2n) is 7.28. The van der Waals surface area contributed by atoms with E-state index in [0.717, 1.165) is 42.8 Å². The van der Waals surface area contributed by atoms with Gasteiger partial charge in [-0.2, -0.15) is 5.26 Å². The lowest BCUT2D eigenvalue weighted by molar-refractivity contribution is 0.114. The lowest BCUT2D eigenvalue weighted by atomic mass is 9.81. The first-order valence-corrected chi connectivity index (χ1v) is 8.84. The molecular formula is C20H22N4O2. The molecule has 0 atom stereocenters. The van der Waals surface area contributed by atoms with Crippen molar-refractivity contribution in [3.05, 3.63) is 35.9 Å². The van der Waals surface area contributed by atoms with Gasteiger partial charge in [0.05, 0.1) is 23.7 Å². The third kappa shape index (κ3) is 2.47. The van der Waals surface area contributed by atoms with E-state index >= 15 is 0 Å². The molecule has 1 N–H and O–H groups in total. The van der Waals surface area contributed by atoms with Gasteiger partial charge in [-0.05, 0) is 30.4 Å². The van der Waals surface area contributed by atoms with Gasteiger partial charge in [-0.25, -0.2) is 4.98 Å². The van der Waals surface area contributed by atoms with Crippen LogP contribution in [0.25, 0.3) is 16.7 Å². The largest absolute Gasteiger partial charge is 0.493 e. The van der Waals surface area contributed by atoms with Crippen LogP contribution in [0.2, 0.25) is 0 Å². The maximum atomic E-state index is 9.66. The third-order valence-corrected chi connectivity index (χ3v) is 5.50. The first-order chi connectivity index (χ1) is 12.6. The average Bonchev–Trinajstić information content (AvgIpc) is 3.07. The minimum Gasteiger partial charge on any atom is -0.493 e. The van der Waals surface area contributed by atoms with E-state index in [9.17, 15) is 10.4 Å². The molecule has 1 aromatic carbocycles. The predicted molar refractivity (Wildman–Crippen MR) is 101 cm³/mol. The van der Waals surface area contributed by atoms with E-state index in [0.29, 0.717) is 17.0 Å². The summed E-state index contributed by atoms with van der Waals surface area (Å²) in [7, 11) is 1.63. The van der Waals surface area contributed by atoms with Gasteiger partial charge in [-0.1, -0.05) is 19.1 Å². The van der Waals surface area contributed by atoms with Crippen molar-refractivity contribution in [1.82, 2.24) is 9.38 Å². The number of benzene rings is 1. The van der Waals surface area contributed by atoms with Gasteiger partial charge in [0.25, 0.3) is 0 Å². The summed E-state index contributed by atoms with van der Waals surface area (Å²) >= 11 is 0. The fourth-order valence-electron chi connectivity index (χ4n) is 3.74. The number of imidazole rings is 1. The maximum Gasteiger partial charge on any atom is 0.161 e. The minimum absolute atomic E-state index is 0.0353. The number of rotatable bonds is 3. The highest BCUT2D eigenvalue weighted by Gasteiger charge is 2.32. The molecule has 0 amide bonds. The molecule has 134 valence electrons. The monoisotopic (exact) mass is 350 g/mol. The molecule has 1 saturated heterocycles. The molecule has 4 rings (SSSR count). The van der Waals surface area contributed by atoms with Gasteiger partial charge in [0.2, 0.25) is 0 Å². The molecule has 6 nitrogen and oxygen atoms in total. The predicted octanol–water partition coefficient (Wildman–Crippen LogP) is 2.97. The summed E-state index contributed by atoms with van der Waals surface area (Å²) in [6.45, 7) is 3.97. The van der Waals surface area contributed by atoms with E-state index in [4.69, 9.17) is 4.74 Å². The molecule has 6 heteroatoms. The number of hydrogen-bond acceptors (Lipinski definition) is 5. The molecular weight excluding hydrogens is 328 g/mol. The fraction of sp³-hybridized carbons (Fsp3) is 0.400. The lowest BCUT2D eigenvalue weighted by Crippen LogP contribution is -2.41. The average molecular weight is 350 g/mol. The maximum absolute atomic E-state index is 9.66. The zero-order chi connectivity index (χ0) is 18.3. The fourth-order valence-corrected chi connectivity index (χ4v) is 3.74. The Kier molecular flexibility index (Phi) is 3.97. The van der Waals surface area contributed by atoms with Crippen molar-refractivity contribution in [3.63, 3.8) is 0 Å². The summed E-state index contributed by atoms with van der Waals surface area (Å²) in [5.41, 5.74) is 2.94. The standard InChI is InChI=1S/C20H22N4O2/c1-20(13-25)7-9-23(10-8-20)19-17(26-2)11-14(12-21)18-22-15-5-3-4-6-16(15)24(18)19/h3-6,11,25H,7-10,13H2,1-2H3. The van der Waals surface area contributed by atoms with Gasteiger partial charge < -0.3 is 14.7 Å². The number of aliphatic hydroxyl groups excluding tert-OH is 1. The van der Waals surface area contributed by atoms with Crippen LogP contribution in [0.15, 0.2) is 30.3 Å². The number of methoxy groups -OCH3 is 1. The summed E-state index contributed by atoms with van der Waals surface area (Å²) in [6.07, 6.45) is 1.81. The second kappa shape index (κ2) is 6.19. The normalized spacial score (nSPS) is 16.8. The quantitative estimate of drug-likeness (QED) is 0.786. The summed E-state index contributed by atoms with van der Waals surface area (Å²) in [5.74, 6) is 1.60. The molecule has 3 aromatic rings. The first kappa shape index (κ1) is 16.7. The molecule has 0 bridgehead atoms. The van der Waals surface area contributed by atoms with Crippen molar-refractivity contribution in [2.45, 2.75) is 19.8 Å². The number of aliphatic hydroxyl groups is 1.